The van der Waals surface area contributed by atoms with Gasteiger partial charge in [-0.25, -0.2) is 9.18 Å². The van der Waals surface area contributed by atoms with Crippen LogP contribution in [-0.2, 0) is 4.74 Å². The van der Waals surface area contributed by atoms with Crippen LogP contribution in [0.3, 0.4) is 0 Å². The number of hydrogen-bond donors (Lipinski definition) is 2. The summed E-state index contributed by atoms with van der Waals surface area (Å²) in [6.45, 7) is 4.47. The molecule has 0 aromatic heterocycles. The van der Waals surface area contributed by atoms with E-state index in [9.17, 15) is 14.0 Å². The highest BCUT2D eigenvalue weighted by Gasteiger charge is 2.16. The lowest BCUT2D eigenvalue weighted by Gasteiger charge is -2.26. The van der Waals surface area contributed by atoms with Crippen molar-refractivity contribution in [3.05, 3.63) is 35.1 Å². The van der Waals surface area contributed by atoms with E-state index in [1.54, 1.807) is 24.0 Å². The Hall–Kier alpha value is -2.15. The zero-order valence-electron chi connectivity index (χ0n) is 12.5. The van der Waals surface area contributed by atoms with E-state index in [-0.39, 0.29) is 24.0 Å². The Kier molecular flexibility index (Phi) is 5.71. The topological polar surface area (TPSA) is 70.7 Å². The van der Waals surface area contributed by atoms with Gasteiger partial charge in [-0.05, 0) is 24.6 Å². The molecule has 0 unspecified atom stereocenters. The molecule has 1 aliphatic heterocycles. The molecular weight excluding hydrogens is 289 g/mol. The highest BCUT2D eigenvalue weighted by molar-refractivity contribution is 5.94. The third kappa shape index (κ3) is 4.42. The van der Waals surface area contributed by atoms with Gasteiger partial charge in [-0.3, -0.25) is 4.79 Å². The van der Waals surface area contributed by atoms with Crippen LogP contribution < -0.4 is 10.6 Å². The Balaban J connectivity index is 1.70. The van der Waals surface area contributed by atoms with E-state index < -0.39 is 5.82 Å². The lowest BCUT2D eigenvalue weighted by Crippen LogP contribution is -2.47. The Labute approximate surface area is 128 Å². The zero-order valence-corrected chi connectivity index (χ0v) is 12.5. The zero-order chi connectivity index (χ0) is 15.9. The lowest BCUT2D eigenvalue weighted by atomic mass is 10.1. The smallest absolute Gasteiger partial charge is 0.317 e. The average Bonchev–Trinajstić information content (AvgIpc) is 2.54. The van der Waals surface area contributed by atoms with Crippen LogP contribution in [0.1, 0.15) is 15.9 Å². The predicted molar refractivity (Wildman–Crippen MR) is 79.3 cm³/mol. The molecule has 0 atom stereocenters. The fraction of sp³-hybridized carbons (Fsp3) is 0.467. The van der Waals surface area contributed by atoms with Crippen molar-refractivity contribution in [3.63, 3.8) is 0 Å². The van der Waals surface area contributed by atoms with Crippen LogP contribution in [0.25, 0.3) is 0 Å². The van der Waals surface area contributed by atoms with Gasteiger partial charge >= 0.3 is 6.03 Å². The second-order valence-corrected chi connectivity index (χ2v) is 5.05. The number of halogens is 1. The van der Waals surface area contributed by atoms with Gasteiger partial charge < -0.3 is 20.3 Å². The molecule has 6 nitrogen and oxygen atoms in total. The number of hydrogen-bond acceptors (Lipinski definition) is 3. The number of urea groups is 1. The number of carbonyl (C=O) groups is 2. The monoisotopic (exact) mass is 309 g/mol. The molecule has 0 radical (unpaired) electrons. The highest BCUT2D eigenvalue weighted by atomic mass is 19.1. The fourth-order valence-electron chi connectivity index (χ4n) is 2.06. The van der Waals surface area contributed by atoms with E-state index in [0.717, 1.165) is 0 Å². The van der Waals surface area contributed by atoms with Gasteiger partial charge in [0.2, 0.25) is 0 Å². The molecule has 3 amide bonds. The molecule has 0 spiro atoms. The van der Waals surface area contributed by atoms with Gasteiger partial charge in [0.1, 0.15) is 5.82 Å². The van der Waals surface area contributed by atoms with Crippen molar-refractivity contribution in [2.45, 2.75) is 6.92 Å². The number of amides is 3. The van der Waals surface area contributed by atoms with Crippen LogP contribution in [0.4, 0.5) is 9.18 Å². The van der Waals surface area contributed by atoms with Crippen molar-refractivity contribution in [3.8, 4) is 0 Å². The first-order valence-electron chi connectivity index (χ1n) is 7.23. The first kappa shape index (κ1) is 16.2. The van der Waals surface area contributed by atoms with E-state index in [1.165, 1.54) is 6.07 Å². The summed E-state index contributed by atoms with van der Waals surface area (Å²) in [4.78, 5) is 25.3. The van der Waals surface area contributed by atoms with Crippen LogP contribution in [0.15, 0.2) is 18.2 Å². The maximum atomic E-state index is 13.4. The number of morpholine rings is 1. The predicted octanol–water partition coefficient (Wildman–Crippen LogP) is 0.906. The first-order chi connectivity index (χ1) is 10.6. The van der Waals surface area contributed by atoms with Gasteiger partial charge in [-0.1, -0.05) is 6.07 Å². The number of benzene rings is 1. The van der Waals surface area contributed by atoms with Gasteiger partial charge in [-0.15, -0.1) is 0 Å². The second-order valence-electron chi connectivity index (χ2n) is 5.05. The maximum Gasteiger partial charge on any atom is 0.317 e. The van der Waals surface area contributed by atoms with Crippen molar-refractivity contribution in [1.82, 2.24) is 15.5 Å². The average molecular weight is 309 g/mol. The molecule has 0 bridgehead atoms. The Morgan fingerprint density at radius 3 is 2.59 bits per heavy atom. The Morgan fingerprint density at radius 1 is 1.23 bits per heavy atom. The lowest BCUT2D eigenvalue weighted by molar-refractivity contribution is 0.0532. The molecule has 1 heterocycles. The molecule has 0 saturated carbocycles. The quantitative estimate of drug-likeness (QED) is 0.812. The molecule has 1 saturated heterocycles. The number of nitrogens with one attached hydrogen (secondary N) is 2. The molecule has 1 aliphatic rings. The van der Waals surface area contributed by atoms with Gasteiger partial charge in [0, 0.05) is 31.7 Å². The van der Waals surface area contributed by atoms with Crippen LogP contribution >= 0.6 is 0 Å². The molecule has 22 heavy (non-hydrogen) atoms. The third-order valence-electron chi connectivity index (χ3n) is 3.42. The van der Waals surface area contributed by atoms with Crippen LogP contribution in [0.2, 0.25) is 0 Å². The summed E-state index contributed by atoms with van der Waals surface area (Å²) in [6, 6.07) is 4.17. The third-order valence-corrected chi connectivity index (χ3v) is 3.42. The molecule has 120 valence electrons. The SMILES string of the molecule is Cc1ccc(C(=O)NCCNC(=O)N2CCOCC2)cc1F. The minimum Gasteiger partial charge on any atom is -0.378 e. The van der Waals surface area contributed by atoms with E-state index in [4.69, 9.17) is 4.74 Å². The van der Waals surface area contributed by atoms with Gasteiger partial charge in [0.05, 0.1) is 13.2 Å². The summed E-state index contributed by atoms with van der Waals surface area (Å²) < 4.78 is 18.6. The minimum absolute atomic E-state index is 0.168. The molecule has 1 aromatic rings. The van der Waals surface area contributed by atoms with Crippen LogP contribution in [-0.4, -0.2) is 56.2 Å². The van der Waals surface area contributed by atoms with Crippen molar-refractivity contribution in [2.75, 3.05) is 39.4 Å². The Bertz CT molecular complexity index is 545. The van der Waals surface area contributed by atoms with E-state index >= 15 is 0 Å². The molecule has 1 fully saturated rings. The van der Waals surface area contributed by atoms with Crippen LogP contribution in [0, 0.1) is 12.7 Å². The molecule has 0 aliphatic carbocycles. The van der Waals surface area contributed by atoms with Crippen molar-refractivity contribution >= 4 is 11.9 Å². The van der Waals surface area contributed by atoms with E-state index in [2.05, 4.69) is 10.6 Å². The fourth-order valence-corrected chi connectivity index (χ4v) is 2.06. The van der Waals surface area contributed by atoms with Crippen molar-refractivity contribution in [1.29, 1.82) is 0 Å². The molecular formula is C15H20FN3O3. The summed E-state index contributed by atoms with van der Waals surface area (Å²) in [5.74, 6) is -0.771. The molecule has 2 rings (SSSR count). The van der Waals surface area contributed by atoms with Crippen molar-refractivity contribution in [2.24, 2.45) is 0 Å². The number of aryl methyl sites for hydroxylation is 1. The van der Waals surface area contributed by atoms with Crippen molar-refractivity contribution < 1.29 is 18.7 Å². The minimum atomic E-state index is -0.409. The van der Waals surface area contributed by atoms with Gasteiger partial charge in [-0.2, -0.15) is 0 Å². The number of ether oxygens (including phenoxy) is 1. The normalized spacial score (nSPS) is 14.5. The number of carbonyl (C=O) groups excluding carboxylic acids is 2. The van der Waals surface area contributed by atoms with Gasteiger partial charge in [0.25, 0.3) is 5.91 Å². The number of rotatable bonds is 4. The maximum absolute atomic E-state index is 13.4. The largest absolute Gasteiger partial charge is 0.378 e. The first-order valence-corrected chi connectivity index (χ1v) is 7.23. The molecule has 2 N–H and O–H groups in total. The molecule has 7 heteroatoms. The Morgan fingerprint density at radius 2 is 1.91 bits per heavy atom. The van der Waals surface area contributed by atoms with E-state index in [1.807, 2.05) is 0 Å². The van der Waals surface area contributed by atoms with Crippen LogP contribution in [0.5, 0.6) is 0 Å². The second kappa shape index (κ2) is 7.74. The summed E-state index contributed by atoms with van der Waals surface area (Å²) in [5.41, 5.74) is 0.761. The summed E-state index contributed by atoms with van der Waals surface area (Å²) >= 11 is 0. The summed E-state index contributed by atoms with van der Waals surface area (Å²) in [6.07, 6.45) is 0. The van der Waals surface area contributed by atoms with E-state index in [0.29, 0.717) is 38.4 Å². The van der Waals surface area contributed by atoms with Gasteiger partial charge in [0.15, 0.2) is 0 Å². The summed E-state index contributed by atoms with van der Waals surface area (Å²) in [5, 5.41) is 5.36. The summed E-state index contributed by atoms with van der Waals surface area (Å²) in [7, 11) is 0. The molecule has 1 aromatic carbocycles. The number of nitrogens with zero attached hydrogens (tertiary/aromatic N) is 1. The standard InChI is InChI=1S/C15H20FN3O3/c1-11-2-3-12(10-13(11)16)14(20)17-4-5-18-15(21)19-6-8-22-9-7-19/h2-3,10H,4-9H2,1H3,(H,17,20)(H,18,21). The highest BCUT2D eigenvalue weighted by Crippen LogP contribution is 2.08.